The van der Waals surface area contributed by atoms with Crippen LogP contribution in [0, 0.1) is 0 Å². The molecule has 3 rings (SSSR count). The number of hydrogen-bond donors (Lipinski definition) is 1. The lowest BCUT2D eigenvalue weighted by Crippen LogP contribution is -2.33. The first-order chi connectivity index (χ1) is 10.7. The number of hydrogen-bond acceptors (Lipinski definition) is 5. The van der Waals surface area contributed by atoms with Gasteiger partial charge in [0.15, 0.2) is 0 Å². The van der Waals surface area contributed by atoms with Crippen molar-refractivity contribution in [1.82, 2.24) is 9.97 Å². The number of anilines is 1. The van der Waals surface area contributed by atoms with Crippen LogP contribution in [0.25, 0.3) is 10.2 Å². The Kier molecular flexibility index (Phi) is 5.08. The van der Waals surface area contributed by atoms with Gasteiger partial charge in [0.2, 0.25) is 0 Å². The number of fused-ring (bicyclic) bond motifs is 1. The number of thiophene rings is 1. The first kappa shape index (κ1) is 15.9. The molecule has 2 heterocycles. The summed E-state index contributed by atoms with van der Waals surface area (Å²) in [6.07, 6.45) is 7.03. The topological polar surface area (TPSA) is 54.9 Å². The van der Waals surface area contributed by atoms with Crippen LogP contribution in [0.5, 0.6) is 0 Å². The van der Waals surface area contributed by atoms with Crippen molar-refractivity contribution >= 4 is 38.2 Å². The summed E-state index contributed by atoms with van der Waals surface area (Å²) in [6.45, 7) is 4.18. The summed E-state index contributed by atoms with van der Waals surface area (Å²) in [4.78, 5) is 11.2. The predicted molar refractivity (Wildman–Crippen MR) is 95.1 cm³/mol. The standard InChI is InChI=1S/C16H23N3OS2/c1-3-12-9-14-15(17-10-18-16(14)21-12)19-11-6-5-7-13(8-11)22(20)4-2/h9-11,13H,3-8H2,1-2H3,(H,17,18,19). The Morgan fingerprint density at radius 1 is 1.36 bits per heavy atom. The highest BCUT2D eigenvalue weighted by atomic mass is 32.2. The van der Waals surface area contributed by atoms with Gasteiger partial charge in [-0.2, -0.15) is 0 Å². The summed E-state index contributed by atoms with van der Waals surface area (Å²) >= 11 is 1.74. The van der Waals surface area contributed by atoms with E-state index in [1.54, 1.807) is 17.7 Å². The number of aromatic nitrogens is 2. The summed E-state index contributed by atoms with van der Waals surface area (Å²) in [5.74, 6) is 1.70. The molecule has 120 valence electrons. The average molecular weight is 338 g/mol. The number of rotatable bonds is 5. The van der Waals surface area contributed by atoms with Crippen molar-refractivity contribution in [2.75, 3.05) is 11.1 Å². The van der Waals surface area contributed by atoms with E-state index in [9.17, 15) is 4.21 Å². The molecule has 3 atom stereocenters. The van der Waals surface area contributed by atoms with Crippen LogP contribution in [0.15, 0.2) is 12.4 Å². The second-order valence-corrected chi connectivity index (χ2v) is 8.93. The van der Waals surface area contributed by atoms with Crippen LogP contribution in [-0.4, -0.2) is 31.2 Å². The van der Waals surface area contributed by atoms with E-state index in [0.29, 0.717) is 11.3 Å². The van der Waals surface area contributed by atoms with E-state index in [1.165, 1.54) is 4.88 Å². The van der Waals surface area contributed by atoms with E-state index in [2.05, 4.69) is 28.3 Å². The first-order valence-corrected chi connectivity index (χ1v) is 10.3. The van der Waals surface area contributed by atoms with Crippen molar-refractivity contribution in [3.8, 4) is 0 Å². The Labute approximate surface area is 138 Å². The van der Waals surface area contributed by atoms with Crippen molar-refractivity contribution in [2.45, 2.75) is 57.2 Å². The van der Waals surface area contributed by atoms with Crippen molar-refractivity contribution < 1.29 is 4.21 Å². The third-order valence-corrected chi connectivity index (χ3v) is 7.28. The van der Waals surface area contributed by atoms with Crippen LogP contribution in [0.2, 0.25) is 0 Å². The van der Waals surface area contributed by atoms with E-state index in [0.717, 1.165) is 53.9 Å². The summed E-state index contributed by atoms with van der Waals surface area (Å²) in [6, 6.07) is 2.57. The van der Waals surface area contributed by atoms with Gasteiger partial charge in [0.25, 0.3) is 0 Å². The molecule has 1 saturated carbocycles. The minimum Gasteiger partial charge on any atom is -0.367 e. The minimum absolute atomic E-state index is 0.335. The monoisotopic (exact) mass is 337 g/mol. The summed E-state index contributed by atoms with van der Waals surface area (Å²) in [5.41, 5.74) is 0. The predicted octanol–water partition coefficient (Wildman–Crippen LogP) is 3.75. The van der Waals surface area contributed by atoms with Gasteiger partial charge < -0.3 is 5.32 Å². The summed E-state index contributed by atoms with van der Waals surface area (Å²) in [7, 11) is -0.687. The average Bonchev–Trinajstić information content (AvgIpc) is 2.99. The highest BCUT2D eigenvalue weighted by molar-refractivity contribution is 7.85. The SMILES string of the molecule is CCc1cc2c(NC3CCCC(S(=O)CC)C3)ncnc2s1. The maximum atomic E-state index is 12.1. The second kappa shape index (κ2) is 7.04. The van der Waals surface area contributed by atoms with Gasteiger partial charge >= 0.3 is 0 Å². The van der Waals surface area contributed by atoms with E-state index in [1.807, 2.05) is 6.92 Å². The Morgan fingerprint density at radius 2 is 2.23 bits per heavy atom. The maximum Gasteiger partial charge on any atom is 0.138 e. The van der Waals surface area contributed by atoms with Gasteiger partial charge in [0.05, 0.1) is 5.39 Å². The molecule has 0 bridgehead atoms. The highest BCUT2D eigenvalue weighted by Gasteiger charge is 2.26. The van der Waals surface area contributed by atoms with E-state index in [4.69, 9.17) is 0 Å². The molecule has 0 spiro atoms. The van der Waals surface area contributed by atoms with Crippen LogP contribution >= 0.6 is 11.3 Å². The summed E-state index contributed by atoms with van der Waals surface area (Å²) < 4.78 is 12.1. The van der Waals surface area contributed by atoms with Gasteiger partial charge in [-0.15, -0.1) is 11.3 Å². The third-order valence-electron chi connectivity index (χ3n) is 4.35. The molecule has 3 unspecified atom stereocenters. The van der Waals surface area contributed by atoms with Crippen molar-refractivity contribution in [3.05, 3.63) is 17.3 Å². The summed E-state index contributed by atoms with van der Waals surface area (Å²) in [5, 5.41) is 5.05. The largest absolute Gasteiger partial charge is 0.367 e. The first-order valence-electron chi connectivity index (χ1n) is 8.08. The number of aryl methyl sites for hydroxylation is 1. The minimum atomic E-state index is -0.687. The molecule has 1 aliphatic rings. The third kappa shape index (κ3) is 3.33. The molecule has 2 aromatic heterocycles. The molecule has 22 heavy (non-hydrogen) atoms. The Balaban J connectivity index is 1.78. The lowest BCUT2D eigenvalue weighted by molar-refractivity contribution is 0.464. The van der Waals surface area contributed by atoms with Crippen LogP contribution < -0.4 is 5.32 Å². The molecule has 0 aliphatic heterocycles. The molecule has 0 saturated heterocycles. The van der Waals surface area contributed by atoms with Crippen LogP contribution in [0.4, 0.5) is 5.82 Å². The Morgan fingerprint density at radius 3 is 3.00 bits per heavy atom. The quantitative estimate of drug-likeness (QED) is 0.903. The van der Waals surface area contributed by atoms with Gasteiger partial charge in [0, 0.05) is 32.7 Å². The van der Waals surface area contributed by atoms with Gasteiger partial charge in [0.1, 0.15) is 17.0 Å². The van der Waals surface area contributed by atoms with E-state index < -0.39 is 10.8 Å². The molecule has 1 fully saturated rings. The Bertz CT molecular complexity index is 670. The molecular weight excluding hydrogens is 314 g/mol. The molecule has 0 amide bonds. The fraction of sp³-hybridized carbons (Fsp3) is 0.625. The van der Waals surface area contributed by atoms with Crippen LogP contribution in [0.1, 0.15) is 44.4 Å². The molecule has 0 radical (unpaired) electrons. The molecule has 1 aliphatic carbocycles. The van der Waals surface area contributed by atoms with E-state index in [-0.39, 0.29) is 0 Å². The normalized spacial score (nSPS) is 23.5. The Hall–Kier alpha value is -1.01. The molecular formula is C16H23N3OS2. The van der Waals surface area contributed by atoms with Crippen LogP contribution in [0.3, 0.4) is 0 Å². The maximum absolute atomic E-state index is 12.1. The van der Waals surface area contributed by atoms with E-state index >= 15 is 0 Å². The molecule has 1 N–H and O–H groups in total. The highest BCUT2D eigenvalue weighted by Crippen LogP contribution is 2.31. The molecule has 4 nitrogen and oxygen atoms in total. The van der Waals surface area contributed by atoms with Crippen molar-refractivity contribution in [2.24, 2.45) is 0 Å². The smallest absolute Gasteiger partial charge is 0.138 e. The van der Waals surface area contributed by atoms with Crippen molar-refractivity contribution in [3.63, 3.8) is 0 Å². The van der Waals surface area contributed by atoms with Crippen LogP contribution in [-0.2, 0) is 17.2 Å². The fourth-order valence-electron chi connectivity index (χ4n) is 3.14. The lowest BCUT2D eigenvalue weighted by Gasteiger charge is -2.29. The zero-order valence-electron chi connectivity index (χ0n) is 13.2. The van der Waals surface area contributed by atoms with Gasteiger partial charge in [-0.25, -0.2) is 9.97 Å². The molecule has 2 aromatic rings. The number of nitrogens with zero attached hydrogens (tertiary/aromatic N) is 2. The second-order valence-electron chi connectivity index (χ2n) is 5.81. The molecule has 6 heteroatoms. The zero-order valence-corrected chi connectivity index (χ0v) is 14.8. The fourth-order valence-corrected chi connectivity index (χ4v) is 5.42. The van der Waals surface area contributed by atoms with Gasteiger partial charge in [-0.3, -0.25) is 4.21 Å². The lowest BCUT2D eigenvalue weighted by atomic mass is 9.95. The van der Waals surface area contributed by atoms with Gasteiger partial charge in [-0.05, 0) is 31.7 Å². The number of nitrogens with one attached hydrogen (secondary N) is 1. The van der Waals surface area contributed by atoms with Crippen molar-refractivity contribution in [1.29, 1.82) is 0 Å². The molecule has 0 aromatic carbocycles. The van der Waals surface area contributed by atoms with Gasteiger partial charge in [-0.1, -0.05) is 20.3 Å². The zero-order chi connectivity index (χ0) is 15.5.